The number of ether oxygens (including phenoxy) is 1. The van der Waals surface area contributed by atoms with E-state index in [9.17, 15) is 4.79 Å². The van der Waals surface area contributed by atoms with Gasteiger partial charge >= 0.3 is 0 Å². The second-order valence-electron chi connectivity index (χ2n) is 5.49. The molecule has 3 heterocycles. The Morgan fingerprint density at radius 2 is 2.30 bits per heavy atom. The highest BCUT2D eigenvalue weighted by Crippen LogP contribution is 2.31. The van der Waals surface area contributed by atoms with Crippen LogP contribution in [0.5, 0.6) is 0 Å². The standard InChI is InChI=1S/C15H22N2O2S/c1-16-13-14-11(7-10-20-14)6-8-17(15(13)18)12-5-3-2-4-9-19-12/h7,10,12-13,16H,2-6,8-9H2,1H3. The van der Waals surface area contributed by atoms with E-state index in [1.54, 1.807) is 11.3 Å². The highest BCUT2D eigenvalue weighted by Gasteiger charge is 2.35. The van der Waals surface area contributed by atoms with Crippen LogP contribution in [0.4, 0.5) is 0 Å². The van der Waals surface area contributed by atoms with E-state index in [2.05, 4.69) is 16.8 Å². The SMILES string of the molecule is CNC1C(=O)N(C2CCCCCO2)CCc2ccsc21. The fourth-order valence-electron chi connectivity index (χ4n) is 3.12. The maximum absolute atomic E-state index is 12.8. The van der Waals surface area contributed by atoms with Crippen LogP contribution >= 0.6 is 11.3 Å². The number of likely N-dealkylation sites (N-methyl/N-ethyl adjacent to an activating group) is 1. The second kappa shape index (κ2) is 6.24. The van der Waals surface area contributed by atoms with E-state index in [1.807, 2.05) is 11.9 Å². The van der Waals surface area contributed by atoms with Crippen molar-refractivity contribution < 1.29 is 9.53 Å². The van der Waals surface area contributed by atoms with Gasteiger partial charge in [-0.05, 0) is 49.7 Å². The molecule has 0 aliphatic carbocycles. The molecular weight excluding hydrogens is 272 g/mol. The molecule has 2 aliphatic heterocycles. The molecule has 1 aromatic rings. The van der Waals surface area contributed by atoms with Crippen molar-refractivity contribution in [2.24, 2.45) is 0 Å². The van der Waals surface area contributed by atoms with E-state index in [-0.39, 0.29) is 18.2 Å². The predicted octanol–water partition coefficient (Wildman–Crippen LogP) is 2.31. The van der Waals surface area contributed by atoms with E-state index in [4.69, 9.17) is 4.74 Å². The van der Waals surface area contributed by atoms with Crippen LogP contribution in [0.3, 0.4) is 0 Å². The fraction of sp³-hybridized carbons (Fsp3) is 0.667. The summed E-state index contributed by atoms with van der Waals surface area (Å²) in [5, 5.41) is 5.27. The summed E-state index contributed by atoms with van der Waals surface area (Å²) in [6.45, 7) is 1.55. The summed E-state index contributed by atoms with van der Waals surface area (Å²) in [5.74, 6) is 0.167. The van der Waals surface area contributed by atoms with Gasteiger partial charge in [-0.1, -0.05) is 6.42 Å². The molecule has 0 spiro atoms. The summed E-state index contributed by atoms with van der Waals surface area (Å²) in [4.78, 5) is 16.0. The van der Waals surface area contributed by atoms with Gasteiger partial charge in [-0.25, -0.2) is 0 Å². The predicted molar refractivity (Wildman–Crippen MR) is 79.7 cm³/mol. The van der Waals surface area contributed by atoms with E-state index >= 15 is 0 Å². The number of amides is 1. The van der Waals surface area contributed by atoms with Crippen LogP contribution in [0, 0.1) is 0 Å². The molecule has 2 atom stereocenters. The van der Waals surface area contributed by atoms with Gasteiger partial charge < -0.3 is 15.0 Å². The summed E-state index contributed by atoms with van der Waals surface area (Å²) < 4.78 is 5.92. The van der Waals surface area contributed by atoms with Gasteiger partial charge in [-0.3, -0.25) is 4.79 Å². The number of rotatable bonds is 2. The van der Waals surface area contributed by atoms with Gasteiger partial charge in [0.15, 0.2) is 0 Å². The van der Waals surface area contributed by atoms with Crippen LogP contribution in [0.25, 0.3) is 0 Å². The normalized spacial score (nSPS) is 27.9. The Balaban J connectivity index is 1.83. The van der Waals surface area contributed by atoms with Gasteiger partial charge in [0.1, 0.15) is 12.3 Å². The molecule has 0 saturated carbocycles. The summed E-state index contributed by atoms with van der Waals surface area (Å²) in [6, 6.07) is 1.94. The number of carbonyl (C=O) groups is 1. The number of nitrogens with one attached hydrogen (secondary N) is 1. The molecular formula is C15H22N2O2S. The average molecular weight is 294 g/mol. The zero-order chi connectivity index (χ0) is 13.9. The molecule has 110 valence electrons. The van der Waals surface area contributed by atoms with Gasteiger partial charge in [-0.15, -0.1) is 11.3 Å². The molecule has 4 nitrogen and oxygen atoms in total. The molecule has 2 aliphatic rings. The first-order valence-electron chi connectivity index (χ1n) is 7.47. The topological polar surface area (TPSA) is 41.6 Å². The maximum atomic E-state index is 12.8. The van der Waals surface area contributed by atoms with E-state index in [0.29, 0.717) is 0 Å². The highest BCUT2D eigenvalue weighted by atomic mass is 32.1. The monoisotopic (exact) mass is 294 g/mol. The second-order valence-corrected chi connectivity index (χ2v) is 6.44. The lowest BCUT2D eigenvalue weighted by atomic mass is 10.1. The maximum Gasteiger partial charge on any atom is 0.247 e. The number of hydrogen-bond acceptors (Lipinski definition) is 4. The highest BCUT2D eigenvalue weighted by molar-refractivity contribution is 7.10. The van der Waals surface area contributed by atoms with Crippen molar-refractivity contribution >= 4 is 17.2 Å². The van der Waals surface area contributed by atoms with Crippen LogP contribution in [0.1, 0.15) is 42.2 Å². The summed E-state index contributed by atoms with van der Waals surface area (Å²) in [5.41, 5.74) is 1.30. The zero-order valence-electron chi connectivity index (χ0n) is 11.9. The number of nitrogens with zero attached hydrogens (tertiary/aromatic N) is 1. The quantitative estimate of drug-likeness (QED) is 0.910. The largest absolute Gasteiger partial charge is 0.358 e. The smallest absolute Gasteiger partial charge is 0.247 e. The van der Waals surface area contributed by atoms with Crippen LogP contribution in [-0.4, -0.2) is 37.2 Å². The fourth-order valence-corrected chi connectivity index (χ4v) is 4.18. The molecule has 1 N–H and O–H groups in total. The Kier molecular flexibility index (Phi) is 4.38. The summed E-state index contributed by atoms with van der Waals surface area (Å²) in [6.07, 6.45) is 5.34. The van der Waals surface area contributed by atoms with Crippen molar-refractivity contribution in [3.63, 3.8) is 0 Å². The number of hydrogen-bond donors (Lipinski definition) is 1. The third-order valence-corrected chi connectivity index (χ3v) is 5.26. The van der Waals surface area contributed by atoms with Gasteiger partial charge in [0.25, 0.3) is 0 Å². The summed E-state index contributed by atoms with van der Waals surface area (Å²) >= 11 is 1.68. The number of fused-ring (bicyclic) bond motifs is 1. The molecule has 2 unspecified atom stereocenters. The lowest BCUT2D eigenvalue weighted by Gasteiger charge is -2.31. The molecule has 0 radical (unpaired) electrons. The zero-order valence-corrected chi connectivity index (χ0v) is 12.7. The molecule has 1 saturated heterocycles. The van der Waals surface area contributed by atoms with E-state index in [1.165, 1.54) is 16.9 Å². The van der Waals surface area contributed by atoms with Crippen molar-refractivity contribution in [2.75, 3.05) is 20.2 Å². The molecule has 1 aromatic heterocycles. The van der Waals surface area contributed by atoms with E-state index in [0.717, 1.165) is 38.8 Å². The summed E-state index contributed by atoms with van der Waals surface area (Å²) in [7, 11) is 1.86. The molecule has 5 heteroatoms. The Hall–Kier alpha value is -0.910. The molecule has 1 fully saturated rings. The lowest BCUT2D eigenvalue weighted by Crippen LogP contribution is -2.46. The van der Waals surface area contributed by atoms with Gasteiger partial charge in [0.2, 0.25) is 5.91 Å². The Bertz CT molecular complexity index is 466. The molecule has 0 bridgehead atoms. The Morgan fingerprint density at radius 3 is 3.15 bits per heavy atom. The van der Waals surface area contributed by atoms with E-state index < -0.39 is 0 Å². The van der Waals surface area contributed by atoms with Crippen molar-refractivity contribution in [3.8, 4) is 0 Å². The van der Waals surface area contributed by atoms with Crippen LogP contribution in [0.15, 0.2) is 11.4 Å². The third-order valence-electron chi connectivity index (χ3n) is 4.24. The van der Waals surface area contributed by atoms with Crippen molar-refractivity contribution in [1.82, 2.24) is 10.2 Å². The minimum atomic E-state index is -0.209. The lowest BCUT2D eigenvalue weighted by molar-refractivity contribution is -0.148. The Morgan fingerprint density at radius 1 is 1.40 bits per heavy atom. The number of carbonyl (C=O) groups excluding carboxylic acids is 1. The van der Waals surface area contributed by atoms with Crippen LogP contribution < -0.4 is 5.32 Å². The van der Waals surface area contributed by atoms with Gasteiger partial charge in [0, 0.05) is 18.0 Å². The molecule has 1 amide bonds. The first kappa shape index (κ1) is 14.0. The van der Waals surface area contributed by atoms with Crippen LogP contribution in [-0.2, 0) is 16.0 Å². The minimum Gasteiger partial charge on any atom is -0.358 e. The minimum absolute atomic E-state index is 0.0325. The third kappa shape index (κ3) is 2.62. The van der Waals surface area contributed by atoms with Crippen molar-refractivity contribution in [3.05, 3.63) is 21.9 Å². The van der Waals surface area contributed by atoms with Crippen molar-refractivity contribution in [1.29, 1.82) is 0 Å². The number of thiophene rings is 1. The van der Waals surface area contributed by atoms with Gasteiger partial charge in [-0.2, -0.15) is 0 Å². The van der Waals surface area contributed by atoms with Crippen LogP contribution in [0.2, 0.25) is 0 Å². The van der Waals surface area contributed by atoms with Crippen molar-refractivity contribution in [2.45, 2.75) is 44.4 Å². The first-order chi connectivity index (χ1) is 9.81. The molecule has 20 heavy (non-hydrogen) atoms. The first-order valence-corrected chi connectivity index (χ1v) is 8.35. The Labute approximate surface area is 124 Å². The molecule has 0 aromatic carbocycles. The average Bonchev–Trinajstić information content (AvgIpc) is 2.69. The van der Waals surface area contributed by atoms with Gasteiger partial charge in [0.05, 0.1) is 0 Å². The molecule has 3 rings (SSSR count).